The molecule has 2 rings (SSSR count). The molecule has 0 spiro atoms. The van der Waals surface area contributed by atoms with Gasteiger partial charge in [-0.2, -0.15) is 0 Å². The second-order valence-electron chi connectivity index (χ2n) is 6.70. The number of rotatable bonds is 8. The molecule has 138 valence electrons. The molecular formula is C18H24ClNO5. The molecule has 0 aromatic heterocycles. The number of carbonyl (C=O) groups excluding carboxylic acids is 1. The number of benzene rings is 1. The lowest BCUT2D eigenvalue weighted by molar-refractivity contribution is -0.145. The third-order valence-corrected chi connectivity index (χ3v) is 4.54. The van der Waals surface area contributed by atoms with Crippen molar-refractivity contribution < 1.29 is 24.2 Å². The Morgan fingerprint density at radius 1 is 1.36 bits per heavy atom. The van der Waals surface area contributed by atoms with Crippen molar-refractivity contribution in [3.8, 4) is 11.5 Å². The number of nitrogens with one attached hydrogen (secondary N) is 1. The molecule has 1 aromatic carbocycles. The van der Waals surface area contributed by atoms with Crippen LogP contribution in [0.2, 0.25) is 5.02 Å². The second kappa shape index (κ2) is 8.43. The molecule has 1 aliphatic carbocycles. The van der Waals surface area contributed by atoms with Crippen LogP contribution in [0.15, 0.2) is 12.1 Å². The molecule has 1 aliphatic rings. The van der Waals surface area contributed by atoms with Gasteiger partial charge in [0.05, 0.1) is 24.7 Å². The van der Waals surface area contributed by atoms with E-state index in [2.05, 4.69) is 19.2 Å². The monoisotopic (exact) mass is 369 g/mol. The van der Waals surface area contributed by atoms with Gasteiger partial charge in [-0.25, -0.2) is 0 Å². The summed E-state index contributed by atoms with van der Waals surface area (Å²) >= 11 is 6.26. The van der Waals surface area contributed by atoms with Gasteiger partial charge in [0, 0.05) is 11.6 Å². The normalized spacial score (nSPS) is 19.2. The lowest BCUT2D eigenvalue weighted by Gasteiger charge is -2.32. The zero-order chi connectivity index (χ0) is 18.6. The SMILES string of the molecule is COc1cc(C(=O)NC2CC(C(=O)O)C2)cc(Cl)c1OCCC(C)C. The first-order chi connectivity index (χ1) is 11.8. The van der Waals surface area contributed by atoms with Crippen LogP contribution in [0.1, 0.15) is 43.5 Å². The topological polar surface area (TPSA) is 84.9 Å². The Kier molecular flexibility index (Phi) is 6.53. The van der Waals surface area contributed by atoms with Crippen molar-refractivity contribution >= 4 is 23.5 Å². The van der Waals surface area contributed by atoms with Crippen molar-refractivity contribution in [1.29, 1.82) is 0 Å². The maximum Gasteiger partial charge on any atom is 0.306 e. The maximum absolute atomic E-state index is 12.3. The van der Waals surface area contributed by atoms with Crippen LogP contribution in [0, 0.1) is 11.8 Å². The first kappa shape index (κ1) is 19.4. The number of hydrogen-bond acceptors (Lipinski definition) is 4. The number of carboxylic acid groups (broad SMARTS) is 1. The smallest absolute Gasteiger partial charge is 0.306 e. The van der Waals surface area contributed by atoms with E-state index in [0.29, 0.717) is 47.5 Å². The van der Waals surface area contributed by atoms with Gasteiger partial charge >= 0.3 is 5.97 Å². The summed E-state index contributed by atoms with van der Waals surface area (Å²) in [5.74, 6) is -0.164. The van der Waals surface area contributed by atoms with E-state index in [9.17, 15) is 9.59 Å². The first-order valence-electron chi connectivity index (χ1n) is 8.35. The lowest BCUT2D eigenvalue weighted by atomic mass is 9.80. The van der Waals surface area contributed by atoms with Crippen molar-refractivity contribution in [1.82, 2.24) is 5.32 Å². The average Bonchev–Trinajstić information content (AvgIpc) is 2.50. The van der Waals surface area contributed by atoms with Gasteiger partial charge < -0.3 is 19.9 Å². The number of halogens is 1. The predicted octanol–water partition coefficient (Wildman–Crippen LogP) is 3.37. The van der Waals surface area contributed by atoms with Crippen LogP contribution < -0.4 is 14.8 Å². The summed E-state index contributed by atoms with van der Waals surface area (Å²) in [5, 5.41) is 12.0. The van der Waals surface area contributed by atoms with Crippen LogP contribution in [-0.2, 0) is 4.79 Å². The number of ether oxygens (including phenoxy) is 2. The number of carboxylic acids is 1. The largest absolute Gasteiger partial charge is 0.493 e. The Bertz CT molecular complexity index is 641. The Hall–Kier alpha value is -1.95. The van der Waals surface area contributed by atoms with Crippen molar-refractivity contribution in [2.45, 2.75) is 39.2 Å². The summed E-state index contributed by atoms with van der Waals surface area (Å²) < 4.78 is 11.0. The number of amides is 1. The highest BCUT2D eigenvalue weighted by Gasteiger charge is 2.35. The van der Waals surface area contributed by atoms with E-state index in [1.54, 1.807) is 6.07 Å². The van der Waals surface area contributed by atoms with Crippen LogP contribution >= 0.6 is 11.6 Å². The molecule has 1 saturated carbocycles. The van der Waals surface area contributed by atoms with Gasteiger partial charge in [-0.15, -0.1) is 0 Å². The van der Waals surface area contributed by atoms with E-state index in [-0.39, 0.29) is 17.9 Å². The third-order valence-electron chi connectivity index (χ3n) is 4.26. The maximum atomic E-state index is 12.3. The summed E-state index contributed by atoms with van der Waals surface area (Å²) in [5.41, 5.74) is 0.358. The first-order valence-corrected chi connectivity index (χ1v) is 8.73. The molecule has 7 heteroatoms. The molecule has 0 bridgehead atoms. The molecule has 25 heavy (non-hydrogen) atoms. The predicted molar refractivity (Wildman–Crippen MR) is 94.6 cm³/mol. The van der Waals surface area contributed by atoms with Crippen LogP contribution in [0.4, 0.5) is 0 Å². The Morgan fingerprint density at radius 3 is 2.60 bits per heavy atom. The van der Waals surface area contributed by atoms with E-state index < -0.39 is 5.97 Å². The van der Waals surface area contributed by atoms with E-state index in [1.165, 1.54) is 13.2 Å². The quantitative estimate of drug-likeness (QED) is 0.733. The molecule has 0 unspecified atom stereocenters. The number of hydrogen-bond donors (Lipinski definition) is 2. The average molecular weight is 370 g/mol. The van der Waals surface area contributed by atoms with E-state index in [1.807, 2.05) is 0 Å². The molecule has 2 N–H and O–H groups in total. The van der Waals surface area contributed by atoms with E-state index in [0.717, 1.165) is 6.42 Å². The Labute approximate surface area is 152 Å². The molecular weight excluding hydrogens is 346 g/mol. The molecule has 1 fully saturated rings. The molecule has 0 saturated heterocycles. The third kappa shape index (κ3) is 5.01. The summed E-state index contributed by atoms with van der Waals surface area (Å²) in [7, 11) is 1.49. The fourth-order valence-corrected chi connectivity index (χ4v) is 2.86. The standard InChI is InChI=1S/C18H24ClNO5/c1-10(2)4-5-25-16-14(19)8-11(9-15(16)24-3)17(21)20-13-6-12(7-13)18(22)23/h8-10,12-13H,4-7H2,1-3H3,(H,20,21)(H,22,23). The molecule has 0 heterocycles. The van der Waals surface area contributed by atoms with Crippen molar-refractivity contribution in [2.24, 2.45) is 11.8 Å². The van der Waals surface area contributed by atoms with Crippen molar-refractivity contribution in [2.75, 3.05) is 13.7 Å². The molecule has 1 aromatic rings. The summed E-state index contributed by atoms with van der Waals surface area (Å²) in [6.07, 6.45) is 1.78. The Balaban J connectivity index is 2.02. The number of methoxy groups -OCH3 is 1. The fraction of sp³-hybridized carbons (Fsp3) is 0.556. The van der Waals surface area contributed by atoms with Crippen molar-refractivity contribution in [3.63, 3.8) is 0 Å². The van der Waals surface area contributed by atoms with Crippen molar-refractivity contribution in [3.05, 3.63) is 22.7 Å². The minimum absolute atomic E-state index is 0.125. The van der Waals surface area contributed by atoms with E-state index >= 15 is 0 Å². The molecule has 0 atom stereocenters. The zero-order valence-electron chi connectivity index (χ0n) is 14.7. The van der Waals surface area contributed by atoms with Gasteiger partial charge in [0.25, 0.3) is 5.91 Å². The highest BCUT2D eigenvalue weighted by molar-refractivity contribution is 6.32. The van der Waals surface area contributed by atoms with Crippen LogP contribution in [0.3, 0.4) is 0 Å². The van der Waals surface area contributed by atoms with Gasteiger partial charge in [0.1, 0.15) is 0 Å². The number of aliphatic carboxylic acids is 1. The summed E-state index contributed by atoms with van der Waals surface area (Å²) in [6.45, 7) is 4.72. The van der Waals surface area contributed by atoms with Gasteiger partial charge in [-0.1, -0.05) is 25.4 Å². The summed E-state index contributed by atoms with van der Waals surface area (Å²) in [6, 6.07) is 3.00. The molecule has 1 amide bonds. The molecule has 0 radical (unpaired) electrons. The number of carbonyl (C=O) groups is 2. The lowest BCUT2D eigenvalue weighted by Crippen LogP contribution is -2.46. The van der Waals surface area contributed by atoms with Crippen LogP contribution in [-0.4, -0.2) is 36.7 Å². The highest BCUT2D eigenvalue weighted by atomic mass is 35.5. The van der Waals surface area contributed by atoms with Crippen LogP contribution in [0.25, 0.3) is 0 Å². The summed E-state index contributed by atoms with van der Waals surface area (Å²) in [4.78, 5) is 23.2. The van der Waals surface area contributed by atoms with Gasteiger partial charge in [0.2, 0.25) is 0 Å². The van der Waals surface area contributed by atoms with Gasteiger partial charge in [0.15, 0.2) is 11.5 Å². The van der Waals surface area contributed by atoms with Crippen LogP contribution in [0.5, 0.6) is 11.5 Å². The van der Waals surface area contributed by atoms with Gasteiger partial charge in [-0.3, -0.25) is 9.59 Å². The Morgan fingerprint density at radius 2 is 2.04 bits per heavy atom. The minimum atomic E-state index is -0.821. The fourth-order valence-electron chi connectivity index (χ4n) is 2.59. The van der Waals surface area contributed by atoms with E-state index in [4.69, 9.17) is 26.2 Å². The zero-order valence-corrected chi connectivity index (χ0v) is 15.4. The molecule has 6 nitrogen and oxygen atoms in total. The minimum Gasteiger partial charge on any atom is -0.493 e. The highest BCUT2D eigenvalue weighted by Crippen LogP contribution is 2.37. The second-order valence-corrected chi connectivity index (χ2v) is 7.10. The molecule has 0 aliphatic heterocycles. The van der Waals surface area contributed by atoms with Gasteiger partial charge in [-0.05, 0) is 37.3 Å².